The Morgan fingerprint density at radius 1 is 1.09 bits per heavy atom. The maximum atomic E-state index is 13.3. The van der Waals surface area contributed by atoms with E-state index in [0.717, 1.165) is 22.5 Å². The first-order valence-corrected chi connectivity index (χ1v) is 12.7. The molecule has 0 heterocycles. The molecule has 174 valence electrons. The first-order chi connectivity index (χ1) is 15.1. The Bertz CT molecular complexity index is 1010. The molecule has 9 heteroatoms. The van der Waals surface area contributed by atoms with Crippen molar-refractivity contribution in [3.05, 3.63) is 65.2 Å². The van der Waals surface area contributed by atoms with Crippen molar-refractivity contribution >= 4 is 39.1 Å². The van der Waals surface area contributed by atoms with Crippen LogP contribution in [0.2, 0.25) is 5.02 Å². The molecule has 0 saturated carbocycles. The summed E-state index contributed by atoms with van der Waals surface area (Å²) in [6.07, 6.45) is 2.34. The molecule has 1 atom stereocenters. The number of sulfonamides is 1. The van der Waals surface area contributed by atoms with Crippen molar-refractivity contribution in [2.75, 3.05) is 30.2 Å². The fourth-order valence-electron chi connectivity index (χ4n) is 3.21. The predicted octanol–water partition coefficient (Wildman–Crippen LogP) is 3.09. The molecule has 2 rings (SSSR count). The Kier molecular flexibility index (Phi) is 9.53. The van der Waals surface area contributed by atoms with E-state index in [0.29, 0.717) is 23.7 Å². The van der Waals surface area contributed by atoms with Crippen molar-refractivity contribution in [3.63, 3.8) is 0 Å². The van der Waals surface area contributed by atoms with Gasteiger partial charge in [-0.3, -0.25) is 13.9 Å². The minimum atomic E-state index is -3.76. The molecule has 0 aliphatic heterocycles. The first kappa shape index (κ1) is 25.7. The second-order valence-corrected chi connectivity index (χ2v) is 9.88. The number of nitrogens with one attached hydrogen (secondary N) is 1. The standard InChI is InChI=1S/C23H30ClN3O4S/c1-4-14-25-23(29)18(2)26(15-13-19-9-6-5-7-10-19)22(28)17-27(32(3,30)31)21-12-8-11-20(24)16-21/h5-12,16,18H,4,13-15,17H2,1-3H3,(H,25,29)/t18-/m0/s1. The van der Waals surface area contributed by atoms with Gasteiger partial charge in [-0.15, -0.1) is 0 Å². The summed E-state index contributed by atoms with van der Waals surface area (Å²) in [4.78, 5) is 27.3. The molecular formula is C23H30ClN3O4S. The van der Waals surface area contributed by atoms with Gasteiger partial charge in [0, 0.05) is 18.1 Å². The molecule has 0 aliphatic rings. The summed E-state index contributed by atoms with van der Waals surface area (Å²) in [6, 6.07) is 15.2. The van der Waals surface area contributed by atoms with Crippen molar-refractivity contribution in [3.8, 4) is 0 Å². The first-order valence-electron chi connectivity index (χ1n) is 10.5. The normalized spacial score (nSPS) is 12.1. The van der Waals surface area contributed by atoms with E-state index in [-0.39, 0.29) is 12.5 Å². The number of hydrogen-bond donors (Lipinski definition) is 1. The fourth-order valence-corrected chi connectivity index (χ4v) is 4.24. The van der Waals surface area contributed by atoms with Crippen LogP contribution >= 0.6 is 11.6 Å². The van der Waals surface area contributed by atoms with Crippen LogP contribution in [-0.4, -0.2) is 57.1 Å². The molecule has 0 aromatic heterocycles. The average Bonchev–Trinajstić information content (AvgIpc) is 2.75. The highest BCUT2D eigenvalue weighted by atomic mass is 35.5. The number of amides is 2. The van der Waals surface area contributed by atoms with E-state index in [9.17, 15) is 18.0 Å². The van der Waals surface area contributed by atoms with E-state index in [4.69, 9.17) is 11.6 Å². The summed E-state index contributed by atoms with van der Waals surface area (Å²) >= 11 is 6.03. The smallest absolute Gasteiger partial charge is 0.244 e. The lowest BCUT2D eigenvalue weighted by Crippen LogP contribution is -2.52. The number of anilines is 1. The minimum absolute atomic E-state index is 0.275. The Morgan fingerprint density at radius 2 is 1.78 bits per heavy atom. The quantitative estimate of drug-likeness (QED) is 0.536. The van der Waals surface area contributed by atoms with Crippen molar-refractivity contribution in [1.82, 2.24) is 10.2 Å². The molecule has 0 spiro atoms. The molecule has 0 saturated heterocycles. The lowest BCUT2D eigenvalue weighted by atomic mass is 10.1. The number of benzene rings is 2. The summed E-state index contributed by atoms with van der Waals surface area (Å²) in [6.45, 7) is 3.94. The van der Waals surface area contributed by atoms with E-state index in [2.05, 4.69) is 5.32 Å². The summed E-state index contributed by atoms with van der Waals surface area (Å²) in [5, 5.41) is 3.16. The van der Waals surface area contributed by atoms with Gasteiger partial charge in [0.15, 0.2) is 0 Å². The SMILES string of the molecule is CCCNC(=O)[C@H](C)N(CCc1ccccc1)C(=O)CN(c1cccc(Cl)c1)S(C)(=O)=O. The van der Waals surface area contributed by atoms with Gasteiger partial charge in [0.2, 0.25) is 21.8 Å². The van der Waals surface area contributed by atoms with E-state index >= 15 is 0 Å². The molecule has 0 aliphatic carbocycles. The second-order valence-electron chi connectivity index (χ2n) is 7.54. The number of halogens is 1. The van der Waals surface area contributed by atoms with Gasteiger partial charge in [-0.1, -0.05) is 54.9 Å². The van der Waals surface area contributed by atoms with Crippen LogP contribution in [0.25, 0.3) is 0 Å². The third kappa shape index (κ3) is 7.53. The van der Waals surface area contributed by atoms with Crippen LogP contribution in [-0.2, 0) is 26.0 Å². The molecular weight excluding hydrogens is 450 g/mol. The van der Waals surface area contributed by atoms with Gasteiger partial charge in [0.1, 0.15) is 12.6 Å². The molecule has 2 aromatic rings. The Balaban J connectivity index is 2.28. The lowest BCUT2D eigenvalue weighted by molar-refractivity contribution is -0.138. The zero-order valence-corrected chi connectivity index (χ0v) is 20.2. The monoisotopic (exact) mass is 479 g/mol. The third-order valence-electron chi connectivity index (χ3n) is 4.98. The number of carbonyl (C=O) groups excluding carboxylic acids is 2. The summed E-state index contributed by atoms with van der Waals surface area (Å²) in [7, 11) is -3.76. The molecule has 0 bridgehead atoms. The van der Waals surface area contributed by atoms with E-state index < -0.39 is 28.5 Å². The highest BCUT2D eigenvalue weighted by Gasteiger charge is 2.29. The molecule has 0 radical (unpaired) electrons. The van der Waals surface area contributed by atoms with Gasteiger partial charge < -0.3 is 10.2 Å². The number of nitrogens with zero attached hydrogens (tertiary/aromatic N) is 2. The maximum absolute atomic E-state index is 13.3. The van der Waals surface area contributed by atoms with Gasteiger partial charge >= 0.3 is 0 Å². The van der Waals surface area contributed by atoms with Crippen LogP contribution in [0.5, 0.6) is 0 Å². The van der Waals surface area contributed by atoms with Crippen LogP contribution in [0.1, 0.15) is 25.8 Å². The Morgan fingerprint density at radius 3 is 2.38 bits per heavy atom. The van der Waals surface area contributed by atoms with Crippen LogP contribution in [0.4, 0.5) is 5.69 Å². The van der Waals surface area contributed by atoms with Crippen LogP contribution in [0.15, 0.2) is 54.6 Å². The largest absolute Gasteiger partial charge is 0.354 e. The number of carbonyl (C=O) groups is 2. The van der Waals surface area contributed by atoms with Crippen LogP contribution in [0, 0.1) is 0 Å². The zero-order chi connectivity index (χ0) is 23.7. The van der Waals surface area contributed by atoms with Gasteiger partial charge in [-0.25, -0.2) is 8.42 Å². The molecule has 2 aromatic carbocycles. The molecule has 0 unspecified atom stereocenters. The summed E-state index contributed by atoms with van der Waals surface area (Å²) < 4.78 is 25.9. The predicted molar refractivity (Wildman–Crippen MR) is 128 cm³/mol. The van der Waals surface area contributed by atoms with Crippen molar-refractivity contribution in [2.24, 2.45) is 0 Å². The van der Waals surface area contributed by atoms with Gasteiger partial charge in [0.25, 0.3) is 0 Å². The van der Waals surface area contributed by atoms with Crippen LogP contribution in [0.3, 0.4) is 0 Å². The topological polar surface area (TPSA) is 86.8 Å². The highest BCUT2D eigenvalue weighted by Crippen LogP contribution is 2.22. The number of hydrogen-bond acceptors (Lipinski definition) is 4. The summed E-state index contributed by atoms with van der Waals surface area (Å²) in [5.41, 5.74) is 1.31. The van der Waals surface area contributed by atoms with E-state index in [1.54, 1.807) is 25.1 Å². The molecule has 0 fully saturated rings. The van der Waals surface area contributed by atoms with E-state index in [1.165, 1.54) is 11.0 Å². The van der Waals surface area contributed by atoms with Crippen molar-refractivity contribution in [1.29, 1.82) is 0 Å². The van der Waals surface area contributed by atoms with Crippen molar-refractivity contribution in [2.45, 2.75) is 32.7 Å². The third-order valence-corrected chi connectivity index (χ3v) is 6.35. The fraction of sp³-hybridized carbons (Fsp3) is 0.391. The van der Waals surface area contributed by atoms with Gasteiger partial charge in [-0.2, -0.15) is 0 Å². The Hall–Kier alpha value is -2.58. The zero-order valence-electron chi connectivity index (χ0n) is 18.6. The summed E-state index contributed by atoms with van der Waals surface area (Å²) in [5.74, 6) is -0.743. The molecule has 2 amide bonds. The van der Waals surface area contributed by atoms with Crippen LogP contribution < -0.4 is 9.62 Å². The Labute approximate surface area is 195 Å². The lowest BCUT2D eigenvalue weighted by Gasteiger charge is -2.31. The highest BCUT2D eigenvalue weighted by molar-refractivity contribution is 7.92. The minimum Gasteiger partial charge on any atom is -0.354 e. The average molecular weight is 480 g/mol. The second kappa shape index (κ2) is 11.9. The number of rotatable bonds is 11. The van der Waals surface area contributed by atoms with Crippen molar-refractivity contribution < 1.29 is 18.0 Å². The molecule has 7 nitrogen and oxygen atoms in total. The molecule has 32 heavy (non-hydrogen) atoms. The molecule has 1 N–H and O–H groups in total. The van der Waals surface area contributed by atoms with Gasteiger partial charge in [0.05, 0.1) is 11.9 Å². The maximum Gasteiger partial charge on any atom is 0.244 e. The van der Waals surface area contributed by atoms with Gasteiger partial charge in [-0.05, 0) is 43.5 Å². The van der Waals surface area contributed by atoms with E-state index in [1.807, 2.05) is 37.3 Å².